The van der Waals surface area contributed by atoms with Gasteiger partial charge in [0, 0.05) is 11.4 Å². The van der Waals surface area contributed by atoms with Gasteiger partial charge in [-0.3, -0.25) is 4.57 Å². The van der Waals surface area contributed by atoms with Crippen LogP contribution >= 0.6 is 11.8 Å². The summed E-state index contributed by atoms with van der Waals surface area (Å²) in [6.45, 7) is 2.17. The molecule has 0 unspecified atom stereocenters. The molecule has 0 saturated heterocycles. The Bertz CT molecular complexity index is 1260. The van der Waals surface area contributed by atoms with Crippen molar-refractivity contribution in [1.29, 1.82) is 0 Å². The molecule has 4 nitrogen and oxygen atoms in total. The first-order valence-electron chi connectivity index (χ1n) is 9.46. The van der Waals surface area contributed by atoms with Gasteiger partial charge in [0.1, 0.15) is 0 Å². The van der Waals surface area contributed by atoms with Gasteiger partial charge in [-0.2, -0.15) is 0 Å². The number of nitrogens with zero attached hydrogens (tertiary/aromatic N) is 3. The van der Waals surface area contributed by atoms with Gasteiger partial charge >= 0.3 is 0 Å². The summed E-state index contributed by atoms with van der Waals surface area (Å²) in [5, 5.41) is 12.3. The third kappa shape index (κ3) is 3.34. The Balaban J connectivity index is 1.56. The summed E-state index contributed by atoms with van der Waals surface area (Å²) in [6, 6.07) is 26.8. The van der Waals surface area contributed by atoms with Crippen LogP contribution in [0.4, 0.5) is 0 Å². The van der Waals surface area contributed by atoms with Crippen molar-refractivity contribution in [2.75, 3.05) is 0 Å². The van der Waals surface area contributed by atoms with E-state index in [1.54, 1.807) is 18.0 Å². The van der Waals surface area contributed by atoms with Crippen LogP contribution in [-0.4, -0.2) is 14.8 Å². The van der Waals surface area contributed by atoms with Crippen molar-refractivity contribution >= 4 is 22.5 Å². The first-order chi connectivity index (χ1) is 14.3. The topological polar surface area (TPSA) is 43.9 Å². The first kappa shape index (κ1) is 17.8. The Morgan fingerprint density at radius 1 is 0.862 bits per heavy atom. The molecule has 0 N–H and O–H groups in total. The van der Waals surface area contributed by atoms with Crippen LogP contribution in [-0.2, 0) is 5.75 Å². The van der Waals surface area contributed by atoms with Gasteiger partial charge in [0.05, 0.1) is 6.26 Å². The highest BCUT2D eigenvalue weighted by Crippen LogP contribution is 2.32. The molecule has 3 aromatic carbocycles. The molecule has 0 aliphatic rings. The van der Waals surface area contributed by atoms with E-state index in [-0.39, 0.29) is 0 Å². The molecule has 142 valence electrons. The Labute approximate surface area is 173 Å². The number of thioether (sulfide) groups is 1. The van der Waals surface area contributed by atoms with Gasteiger partial charge in [-0.1, -0.05) is 66.4 Å². The molecule has 0 amide bonds. The Morgan fingerprint density at radius 3 is 2.52 bits per heavy atom. The van der Waals surface area contributed by atoms with E-state index in [0.717, 1.165) is 16.6 Å². The van der Waals surface area contributed by atoms with Crippen molar-refractivity contribution in [3.05, 3.63) is 96.3 Å². The highest BCUT2D eigenvalue weighted by Gasteiger charge is 2.18. The molecule has 5 heteroatoms. The summed E-state index contributed by atoms with van der Waals surface area (Å²) >= 11 is 1.69. The SMILES string of the molecule is Cc1ccc2ccccc2c1CSc1nnc(-c2ccco2)n1-c1ccccc1. The van der Waals surface area contributed by atoms with Crippen molar-refractivity contribution in [1.82, 2.24) is 14.8 Å². The van der Waals surface area contributed by atoms with E-state index in [4.69, 9.17) is 4.42 Å². The fourth-order valence-electron chi connectivity index (χ4n) is 3.51. The largest absolute Gasteiger partial charge is 0.461 e. The highest BCUT2D eigenvalue weighted by atomic mass is 32.2. The van der Waals surface area contributed by atoms with Gasteiger partial charge in [-0.05, 0) is 53.1 Å². The molecule has 0 saturated carbocycles. The van der Waals surface area contributed by atoms with Gasteiger partial charge in [-0.15, -0.1) is 10.2 Å². The number of hydrogen-bond acceptors (Lipinski definition) is 4. The lowest BCUT2D eigenvalue weighted by molar-refractivity contribution is 0.575. The van der Waals surface area contributed by atoms with Crippen LogP contribution in [0.3, 0.4) is 0 Å². The lowest BCUT2D eigenvalue weighted by Gasteiger charge is -2.12. The third-order valence-corrected chi connectivity index (χ3v) is 5.97. The Morgan fingerprint density at radius 2 is 1.69 bits per heavy atom. The number of furan rings is 1. The molecular formula is C24H19N3OS. The number of aryl methyl sites for hydroxylation is 1. The van der Waals surface area contributed by atoms with Crippen LogP contribution in [0.15, 0.2) is 94.7 Å². The minimum absolute atomic E-state index is 0.703. The second-order valence-corrected chi connectivity index (χ2v) is 7.77. The van der Waals surface area contributed by atoms with E-state index < -0.39 is 0 Å². The van der Waals surface area contributed by atoms with Crippen LogP contribution in [0.5, 0.6) is 0 Å². The van der Waals surface area contributed by atoms with Crippen LogP contribution in [0, 0.1) is 6.92 Å². The Kier molecular flexibility index (Phi) is 4.66. The second kappa shape index (κ2) is 7.60. The van der Waals surface area contributed by atoms with Crippen molar-refractivity contribution < 1.29 is 4.42 Å². The summed E-state index contributed by atoms with van der Waals surface area (Å²) in [7, 11) is 0. The number of para-hydroxylation sites is 1. The van der Waals surface area contributed by atoms with E-state index >= 15 is 0 Å². The molecule has 5 aromatic rings. The Hall–Kier alpha value is -3.31. The van der Waals surface area contributed by atoms with Crippen LogP contribution in [0.1, 0.15) is 11.1 Å². The highest BCUT2D eigenvalue weighted by molar-refractivity contribution is 7.98. The summed E-state index contributed by atoms with van der Waals surface area (Å²) in [4.78, 5) is 0. The van der Waals surface area contributed by atoms with Crippen LogP contribution in [0.25, 0.3) is 28.0 Å². The predicted molar refractivity (Wildman–Crippen MR) is 117 cm³/mol. The van der Waals surface area contributed by atoms with E-state index in [1.807, 2.05) is 30.3 Å². The number of hydrogen-bond donors (Lipinski definition) is 0. The number of fused-ring (bicyclic) bond motifs is 1. The molecule has 0 aliphatic carbocycles. The maximum Gasteiger partial charge on any atom is 0.205 e. The minimum Gasteiger partial charge on any atom is -0.461 e. The molecular weight excluding hydrogens is 378 g/mol. The standard InChI is InChI=1S/C24H19N3OS/c1-17-13-14-18-8-5-6-11-20(18)21(17)16-29-24-26-25-23(22-12-7-15-28-22)27(24)19-9-3-2-4-10-19/h2-15H,16H2,1H3. The number of rotatable bonds is 5. The molecule has 29 heavy (non-hydrogen) atoms. The molecule has 0 aliphatic heterocycles. The van der Waals surface area contributed by atoms with E-state index in [1.165, 1.54) is 21.9 Å². The summed E-state index contributed by atoms with van der Waals surface area (Å²) in [5.41, 5.74) is 3.63. The number of benzene rings is 3. The minimum atomic E-state index is 0.703. The van der Waals surface area contributed by atoms with Gasteiger partial charge in [0.2, 0.25) is 5.82 Å². The summed E-state index contributed by atoms with van der Waals surface area (Å²) < 4.78 is 7.66. The van der Waals surface area contributed by atoms with Crippen molar-refractivity contribution in [2.45, 2.75) is 17.8 Å². The van der Waals surface area contributed by atoms with Crippen LogP contribution in [0.2, 0.25) is 0 Å². The zero-order valence-corrected chi connectivity index (χ0v) is 16.8. The summed E-state index contributed by atoms with van der Waals surface area (Å²) in [5.74, 6) is 2.23. The maximum atomic E-state index is 5.60. The van der Waals surface area contributed by atoms with Gasteiger partial charge in [-0.25, -0.2) is 0 Å². The van der Waals surface area contributed by atoms with E-state index in [2.05, 4.69) is 70.2 Å². The normalized spacial score (nSPS) is 11.2. The van der Waals surface area contributed by atoms with E-state index in [9.17, 15) is 0 Å². The van der Waals surface area contributed by atoms with Crippen LogP contribution < -0.4 is 0 Å². The predicted octanol–water partition coefficient (Wildman–Crippen LogP) is 6.28. The zero-order chi connectivity index (χ0) is 19.6. The molecule has 0 radical (unpaired) electrons. The van der Waals surface area contributed by atoms with E-state index in [0.29, 0.717) is 11.6 Å². The monoisotopic (exact) mass is 397 g/mol. The van der Waals surface area contributed by atoms with Gasteiger partial charge in [0.15, 0.2) is 10.9 Å². The molecule has 0 fully saturated rings. The third-order valence-electron chi connectivity index (χ3n) is 5.01. The van der Waals surface area contributed by atoms with Gasteiger partial charge in [0.25, 0.3) is 0 Å². The fraction of sp³-hybridized carbons (Fsp3) is 0.0833. The molecule has 0 bridgehead atoms. The molecule has 0 atom stereocenters. The maximum absolute atomic E-state index is 5.60. The lowest BCUT2D eigenvalue weighted by atomic mass is 10.0. The fourth-order valence-corrected chi connectivity index (χ4v) is 4.59. The zero-order valence-electron chi connectivity index (χ0n) is 15.9. The quantitative estimate of drug-likeness (QED) is 0.327. The second-order valence-electron chi connectivity index (χ2n) is 6.83. The molecule has 5 rings (SSSR count). The average Bonchev–Trinajstić information content (AvgIpc) is 3.43. The number of aromatic nitrogens is 3. The van der Waals surface area contributed by atoms with Crippen molar-refractivity contribution in [2.24, 2.45) is 0 Å². The average molecular weight is 398 g/mol. The lowest BCUT2D eigenvalue weighted by Crippen LogP contribution is -1.99. The van der Waals surface area contributed by atoms with Crippen molar-refractivity contribution in [3.8, 4) is 17.3 Å². The molecule has 0 spiro atoms. The smallest absolute Gasteiger partial charge is 0.205 e. The van der Waals surface area contributed by atoms with Crippen molar-refractivity contribution in [3.63, 3.8) is 0 Å². The van der Waals surface area contributed by atoms with Gasteiger partial charge < -0.3 is 4.42 Å². The summed E-state index contributed by atoms with van der Waals surface area (Å²) in [6.07, 6.45) is 1.66. The first-order valence-corrected chi connectivity index (χ1v) is 10.4. The molecule has 2 heterocycles. The molecule has 2 aromatic heterocycles.